The summed E-state index contributed by atoms with van der Waals surface area (Å²) in [6.45, 7) is -0.0810. The number of nitrogens with one attached hydrogen (secondary N) is 2. The van der Waals surface area contributed by atoms with E-state index in [0.717, 1.165) is 9.13 Å². The van der Waals surface area contributed by atoms with Crippen molar-refractivity contribution in [3.63, 3.8) is 0 Å². The number of rotatable bonds is 8. The van der Waals surface area contributed by atoms with Gasteiger partial charge in [-0.25, -0.2) is 22.2 Å². The summed E-state index contributed by atoms with van der Waals surface area (Å²) >= 11 is 3.20. The molecule has 0 radical (unpaired) electrons. The van der Waals surface area contributed by atoms with Crippen LogP contribution in [0.25, 0.3) is 16.7 Å². The van der Waals surface area contributed by atoms with Gasteiger partial charge in [0.2, 0.25) is 10.0 Å². The number of fused-ring (bicyclic) bond motifs is 1. The van der Waals surface area contributed by atoms with Crippen LogP contribution >= 0.6 is 15.9 Å². The lowest BCUT2D eigenvalue weighted by Gasteiger charge is -2.19. The Kier molecular flexibility index (Phi) is 6.95. The molecule has 39 heavy (non-hydrogen) atoms. The lowest BCUT2D eigenvalue weighted by molar-refractivity contribution is 0.601. The van der Waals surface area contributed by atoms with Gasteiger partial charge in [0.15, 0.2) is 0 Å². The first-order valence-corrected chi connectivity index (χ1v) is 14.4. The Morgan fingerprint density at radius 1 is 1.08 bits per heavy atom. The van der Waals surface area contributed by atoms with Crippen LogP contribution < -0.4 is 32.6 Å². The van der Waals surface area contributed by atoms with E-state index in [4.69, 9.17) is 5.73 Å². The number of halogens is 2. The van der Waals surface area contributed by atoms with E-state index in [2.05, 4.69) is 26.0 Å². The normalized spacial score (nSPS) is 13.5. The molecular weight excluding hydrogens is 595 g/mol. The second-order valence-electron chi connectivity index (χ2n) is 9.19. The molecule has 0 atom stereocenters. The van der Waals surface area contributed by atoms with Crippen LogP contribution in [0.3, 0.4) is 0 Å². The van der Waals surface area contributed by atoms with E-state index in [1.54, 1.807) is 12.1 Å². The van der Waals surface area contributed by atoms with Crippen LogP contribution in [0, 0.1) is 5.82 Å². The molecule has 0 saturated heterocycles. The second-order valence-corrected chi connectivity index (χ2v) is 11.9. The molecule has 1 saturated carbocycles. The highest BCUT2D eigenvalue weighted by Crippen LogP contribution is 2.34. The first-order chi connectivity index (χ1) is 18.5. The highest BCUT2D eigenvalue weighted by molar-refractivity contribution is 9.10. The van der Waals surface area contributed by atoms with Gasteiger partial charge < -0.3 is 11.1 Å². The van der Waals surface area contributed by atoms with Gasteiger partial charge in [0.1, 0.15) is 16.9 Å². The Balaban J connectivity index is 1.81. The third kappa shape index (κ3) is 5.14. The molecule has 2 aromatic heterocycles. The minimum absolute atomic E-state index is 0.0000317. The number of sulfonamides is 1. The molecule has 0 unspecified atom stereocenters. The topological polar surface area (TPSA) is 150 Å². The summed E-state index contributed by atoms with van der Waals surface area (Å²) in [6, 6.07) is 11.2. The zero-order valence-corrected chi connectivity index (χ0v) is 23.1. The molecule has 4 aromatic rings. The molecule has 14 heteroatoms. The molecule has 1 fully saturated rings. The van der Waals surface area contributed by atoms with Crippen LogP contribution in [0.2, 0.25) is 0 Å². The van der Waals surface area contributed by atoms with Crippen LogP contribution in [0.4, 0.5) is 21.5 Å². The zero-order chi connectivity index (χ0) is 28.1. The van der Waals surface area contributed by atoms with Crippen LogP contribution in [0.1, 0.15) is 18.9 Å². The number of benzene rings is 2. The SMILES string of the molecule is Cn1c(=O)cc(Nc2ccc(Br)cc2F)c2c(=O)n(C3CC3)c(=O)n(-c3cccc(NS(=O)(=O)CCN)c3)c21. The quantitative estimate of drug-likeness (QED) is 0.274. The average molecular weight is 619 g/mol. The van der Waals surface area contributed by atoms with Gasteiger partial charge in [0, 0.05) is 30.2 Å². The van der Waals surface area contributed by atoms with Gasteiger partial charge in [-0.3, -0.25) is 23.4 Å². The number of nitrogens with zero attached hydrogens (tertiary/aromatic N) is 3. The molecule has 1 aliphatic rings. The number of aromatic nitrogens is 3. The van der Waals surface area contributed by atoms with E-state index in [-0.39, 0.29) is 52.1 Å². The summed E-state index contributed by atoms with van der Waals surface area (Å²) in [5.74, 6) is -0.922. The van der Waals surface area contributed by atoms with Crippen LogP contribution in [-0.4, -0.2) is 34.4 Å². The third-order valence-electron chi connectivity index (χ3n) is 6.33. The fraction of sp³-hybridized carbons (Fsp3) is 0.240. The maximum atomic E-state index is 14.7. The molecule has 5 rings (SSSR count). The Hall–Kier alpha value is -3.75. The van der Waals surface area contributed by atoms with Crippen LogP contribution in [0.15, 0.2) is 67.4 Å². The monoisotopic (exact) mass is 618 g/mol. The van der Waals surface area contributed by atoms with E-state index in [1.807, 2.05) is 0 Å². The highest BCUT2D eigenvalue weighted by Gasteiger charge is 2.31. The van der Waals surface area contributed by atoms with E-state index in [9.17, 15) is 27.2 Å². The Morgan fingerprint density at radius 3 is 2.49 bits per heavy atom. The molecule has 0 amide bonds. The summed E-state index contributed by atoms with van der Waals surface area (Å²) in [5, 5.41) is 2.85. The minimum atomic E-state index is -3.74. The summed E-state index contributed by atoms with van der Waals surface area (Å²) < 4.78 is 45.7. The summed E-state index contributed by atoms with van der Waals surface area (Å²) in [7, 11) is -2.32. The molecular formula is C25H24BrFN6O5S. The van der Waals surface area contributed by atoms with Gasteiger partial charge in [-0.05, 0) is 49.2 Å². The van der Waals surface area contributed by atoms with Gasteiger partial charge >= 0.3 is 5.69 Å². The van der Waals surface area contributed by atoms with Crippen LogP contribution in [-0.2, 0) is 17.1 Å². The Morgan fingerprint density at radius 2 is 1.82 bits per heavy atom. The van der Waals surface area contributed by atoms with Gasteiger partial charge in [-0.15, -0.1) is 0 Å². The number of pyridine rings is 1. The maximum Gasteiger partial charge on any atom is 0.337 e. The number of hydrogen-bond donors (Lipinski definition) is 3. The van der Waals surface area contributed by atoms with Crippen molar-refractivity contribution >= 4 is 54.0 Å². The highest BCUT2D eigenvalue weighted by atomic mass is 79.9. The van der Waals surface area contributed by atoms with Crippen molar-refractivity contribution < 1.29 is 12.8 Å². The molecule has 1 aliphatic carbocycles. The molecule has 0 bridgehead atoms. The zero-order valence-electron chi connectivity index (χ0n) is 20.6. The summed E-state index contributed by atoms with van der Waals surface area (Å²) in [5.41, 5.74) is 3.94. The van der Waals surface area contributed by atoms with Gasteiger partial charge in [0.25, 0.3) is 11.1 Å². The van der Waals surface area contributed by atoms with Crippen molar-refractivity contribution in [3.8, 4) is 5.69 Å². The first-order valence-electron chi connectivity index (χ1n) is 11.9. The van der Waals surface area contributed by atoms with E-state index in [0.29, 0.717) is 17.3 Å². The molecule has 0 spiro atoms. The van der Waals surface area contributed by atoms with Crippen molar-refractivity contribution in [2.75, 3.05) is 22.3 Å². The standard InChI is InChI=1S/C25H24BrFN6O5S/c1-31-21(34)13-20(29-19-8-5-14(26)11-18(19)27)22-23(31)32(25(36)33(24(22)35)16-6-7-16)17-4-2-3-15(12-17)30-39(37,38)10-9-28/h2-5,8,11-13,16,29-30H,6-7,9-10,28H2,1H3. The molecule has 0 aliphatic heterocycles. The number of anilines is 3. The van der Waals surface area contributed by atoms with Crippen molar-refractivity contribution in [1.82, 2.24) is 13.7 Å². The smallest absolute Gasteiger partial charge is 0.337 e. The third-order valence-corrected chi connectivity index (χ3v) is 8.14. The van der Waals surface area contributed by atoms with Crippen molar-refractivity contribution in [2.45, 2.75) is 18.9 Å². The molecule has 204 valence electrons. The predicted molar refractivity (Wildman–Crippen MR) is 151 cm³/mol. The molecule has 2 aromatic carbocycles. The lowest BCUT2D eigenvalue weighted by atomic mass is 10.2. The van der Waals surface area contributed by atoms with E-state index in [1.165, 1.54) is 48.0 Å². The number of hydrogen-bond acceptors (Lipinski definition) is 7. The molecule has 11 nitrogen and oxygen atoms in total. The van der Waals surface area contributed by atoms with Gasteiger partial charge in [-0.1, -0.05) is 22.0 Å². The summed E-state index contributed by atoms with van der Waals surface area (Å²) in [4.78, 5) is 40.6. The summed E-state index contributed by atoms with van der Waals surface area (Å²) in [6.07, 6.45) is 1.24. The fourth-order valence-corrected chi connectivity index (χ4v) is 5.61. The van der Waals surface area contributed by atoms with Crippen LogP contribution in [0.5, 0.6) is 0 Å². The number of nitrogens with two attached hydrogens (primary N) is 1. The fourth-order valence-electron chi connectivity index (χ4n) is 4.38. The Labute approximate surface area is 229 Å². The maximum absolute atomic E-state index is 14.7. The van der Waals surface area contributed by atoms with Gasteiger partial charge in [0.05, 0.1) is 28.5 Å². The van der Waals surface area contributed by atoms with Crippen molar-refractivity contribution in [2.24, 2.45) is 12.8 Å². The first kappa shape index (κ1) is 26.8. The van der Waals surface area contributed by atoms with Crippen molar-refractivity contribution in [3.05, 3.63) is 90.0 Å². The minimum Gasteiger partial charge on any atom is -0.352 e. The molecule has 2 heterocycles. The second kappa shape index (κ2) is 10.1. The van der Waals surface area contributed by atoms with E-state index >= 15 is 0 Å². The molecule has 4 N–H and O–H groups in total. The van der Waals surface area contributed by atoms with E-state index < -0.39 is 32.6 Å². The predicted octanol–water partition coefficient (Wildman–Crippen LogP) is 2.53. The lowest BCUT2D eigenvalue weighted by Crippen LogP contribution is -2.41. The van der Waals surface area contributed by atoms with Gasteiger partial charge in [-0.2, -0.15) is 0 Å². The Bertz CT molecular complexity index is 1910. The largest absolute Gasteiger partial charge is 0.352 e. The average Bonchev–Trinajstić information content (AvgIpc) is 3.69. The van der Waals surface area contributed by atoms with Crippen molar-refractivity contribution in [1.29, 1.82) is 0 Å². The number of aryl methyl sites for hydroxylation is 1.